The third-order valence-electron chi connectivity index (χ3n) is 5.24. The van der Waals surface area contributed by atoms with Crippen molar-refractivity contribution in [1.29, 1.82) is 0 Å². The van der Waals surface area contributed by atoms with Gasteiger partial charge in [-0.15, -0.1) is 0 Å². The summed E-state index contributed by atoms with van der Waals surface area (Å²) >= 11 is 0. The van der Waals surface area contributed by atoms with Crippen LogP contribution in [0.5, 0.6) is 0 Å². The topological polar surface area (TPSA) is 85.6 Å². The molecule has 1 N–H and O–H groups in total. The molecule has 4 aromatic rings. The zero-order valence-electron chi connectivity index (χ0n) is 18.3. The van der Waals surface area contributed by atoms with E-state index in [9.17, 15) is 14.4 Å². The molecule has 1 atom stereocenters. The minimum Gasteiger partial charge on any atom is -0.464 e. The smallest absolute Gasteiger partial charge is 0.333 e. The van der Waals surface area contributed by atoms with Gasteiger partial charge in [0.25, 0.3) is 5.91 Å². The molecule has 0 fully saturated rings. The van der Waals surface area contributed by atoms with Crippen molar-refractivity contribution in [1.82, 2.24) is 5.32 Å². The van der Waals surface area contributed by atoms with Crippen LogP contribution in [-0.4, -0.2) is 18.5 Å². The van der Waals surface area contributed by atoms with Gasteiger partial charge in [0.1, 0.15) is 11.3 Å². The van der Waals surface area contributed by atoms with Gasteiger partial charge in [0, 0.05) is 17.2 Å². The fourth-order valence-electron chi connectivity index (χ4n) is 3.56. The summed E-state index contributed by atoms with van der Waals surface area (Å²) < 4.78 is 11.0. The number of carbonyl (C=O) groups is 2. The molecule has 6 heteroatoms. The molecule has 4 rings (SSSR count). The summed E-state index contributed by atoms with van der Waals surface area (Å²) in [5.41, 5.74) is 3.02. The van der Waals surface area contributed by atoms with Crippen LogP contribution in [0.15, 0.2) is 88.1 Å². The SMILES string of the molecule is CCOC(=O)C(NC(=O)c1ccc(-c2cc(=O)c3cc(C)ccc3o2)cc1)c1ccccc1. The molecular weight excluding hydrogens is 418 g/mol. The molecule has 0 bridgehead atoms. The van der Waals surface area contributed by atoms with Gasteiger partial charge in [0.2, 0.25) is 0 Å². The molecule has 0 spiro atoms. The molecule has 3 aromatic carbocycles. The number of hydrogen-bond acceptors (Lipinski definition) is 5. The summed E-state index contributed by atoms with van der Waals surface area (Å²) in [6.07, 6.45) is 0. The first kappa shape index (κ1) is 22.0. The maximum Gasteiger partial charge on any atom is 0.333 e. The Hall–Kier alpha value is -4.19. The first-order chi connectivity index (χ1) is 16.0. The highest BCUT2D eigenvalue weighted by molar-refractivity contribution is 5.97. The van der Waals surface area contributed by atoms with Crippen LogP contribution in [0.2, 0.25) is 0 Å². The lowest BCUT2D eigenvalue weighted by atomic mass is 10.0. The molecule has 0 radical (unpaired) electrons. The Morgan fingerprint density at radius 1 is 0.970 bits per heavy atom. The van der Waals surface area contributed by atoms with Crippen LogP contribution in [0, 0.1) is 6.92 Å². The zero-order valence-corrected chi connectivity index (χ0v) is 18.3. The molecule has 0 aliphatic rings. The standard InChI is InChI=1S/C27H23NO5/c1-3-32-27(31)25(19-7-5-4-6-8-19)28-26(30)20-12-10-18(11-13-20)24-16-22(29)21-15-17(2)9-14-23(21)33-24/h4-16,25H,3H2,1-2H3,(H,28,30). The Labute approximate surface area is 190 Å². The Bertz CT molecular complexity index is 1360. The largest absolute Gasteiger partial charge is 0.464 e. The number of hydrogen-bond donors (Lipinski definition) is 1. The monoisotopic (exact) mass is 441 g/mol. The van der Waals surface area contributed by atoms with Gasteiger partial charge in [-0.25, -0.2) is 4.79 Å². The number of aryl methyl sites for hydroxylation is 1. The van der Waals surface area contributed by atoms with E-state index >= 15 is 0 Å². The lowest BCUT2D eigenvalue weighted by Crippen LogP contribution is -2.35. The van der Waals surface area contributed by atoms with Crippen LogP contribution < -0.4 is 10.7 Å². The van der Waals surface area contributed by atoms with E-state index in [0.29, 0.717) is 33.4 Å². The third kappa shape index (κ3) is 4.85. The normalized spacial score (nSPS) is 11.7. The van der Waals surface area contributed by atoms with Gasteiger partial charge in [0.05, 0.1) is 12.0 Å². The molecule has 1 heterocycles. The van der Waals surface area contributed by atoms with Crippen LogP contribution >= 0.6 is 0 Å². The summed E-state index contributed by atoms with van der Waals surface area (Å²) in [7, 11) is 0. The molecule has 0 saturated carbocycles. The van der Waals surface area contributed by atoms with Crippen LogP contribution in [0.25, 0.3) is 22.3 Å². The predicted octanol–water partition coefficient (Wildman–Crippen LogP) is 4.80. The molecule has 33 heavy (non-hydrogen) atoms. The van der Waals surface area contributed by atoms with Gasteiger partial charge in [-0.1, -0.05) is 54.1 Å². The van der Waals surface area contributed by atoms with E-state index in [2.05, 4.69) is 5.32 Å². The molecule has 1 amide bonds. The number of amides is 1. The average molecular weight is 441 g/mol. The van der Waals surface area contributed by atoms with Crippen molar-refractivity contribution in [2.75, 3.05) is 6.61 Å². The number of fused-ring (bicyclic) bond motifs is 1. The summed E-state index contributed by atoms with van der Waals surface area (Å²) in [4.78, 5) is 37.8. The van der Waals surface area contributed by atoms with E-state index < -0.39 is 17.9 Å². The second kappa shape index (κ2) is 9.53. The fourth-order valence-corrected chi connectivity index (χ4v) is 3.56. The van der Waals surface area contributed by atoms with Gasteiger partial charge in [-0.05, 0) is 43.7 Å². The van der Waals surface area contributed by atoms with Crippen LogP contribution in [0.3, 0.4) is 0 Å². The van der Waals surface area contributed by atoms with Crippen molar-refractivity contribution in [2.45, 2.75) is 19.9 Å². The van der Waals surface area contributed by atoms with Crippen molar-refractivity contribution in [3.8, 4) is 11.3 Å². The number of nitrogens with one attached hydrogen (secondary N) is 1. The van der Waals surface area contributed by atoms with Crippen molar-refractivity contribution in [3.63, 3.8) is 0 Å². The highest BCUT2D eigenvalue weighted by Crippen LogP contribution is 2.23. The van der Waals surface area contributed by atoms with Gasteiger partial charge in [0.15, 0.2) is 11.5 Å². The Kier molecular flexibility index (Phi) is 6.36. The quantitative estimate of drug-likeness (QED) is 0.434. The van der Waals surface area contributed by atoms with Crippen molar-refractivity contribution < 1.29 is 18.7 Å². The van der Waals surface area contributed by atoms with E-state index in [1.165, 1.54) is 6.07 Å². The van der Waals surface area contributed by atoms with E-state index in [4.69, 9.17) is 9.15 Å². The second-order valence-corrected chi connectivity index (χ2v) is 7.62. The number of benzene rings is 3. The van der Waals surface area contributed by atoms with Crippen molar-refractivity contribution in [3.05, 3.63) is 106 Å². The van der Waals surface area contributed by atoms with Gasteiger partial charge in [-0.3, -0.25) is 9.59 Å². The maximum atomic E-state index is 12.9. The molecule has 6 nitrogen and oxygen atoms in total. The molecular formula is C27H23NO5. The van der Waals surface area contributed by atoms with Crippen LogP contribution in [0.1, 0.15) is 34.5 Å². The molecule has 0 saturated heterocycles. The van der Waals surface area contributed by atoms with E-state index in [1.807, 2.05) is 19.1 Å². The van der Waals surface area contributed by atoms with Gasteiger partial charge in [-0.2, -0.15) is 0 Å². The molecule has 1 unspecified atom stereocenters. The van der Waals surface area contributed by atoms with E-state index in [0.717, 1.165) is 5.56 Å². The summed E-state index contributed by atoms with van der Waals surface area (Å²) in [6.45, 7) is 3.84. The number of esters is 1. The summed E-state index contributed by atoms with van der Waals surface area (Å²) in [5, 5.41) is 3.27. The van der Waals surface area contributed by atoms with Gasteiger partial charge >= 0.3 is 5.97 Å². The molecule has 0 aliphatic heterocycles. The first-order valence-corrected chi connectivity index (χ1v) is 10.6. The Morgan fingerprint density at radius 3 is 2.39 bits per heavy atom. The Morgan fingerprint density at radius 2 is 1.70 bits per heavy atom. The van der Waals surface area contributed by atoms with E-state index in [-0.39, 0.29) is 12.0 Å². The number of carbonyl (C=O) groups excluding carboxylic acids is 2. The number of ether oxygens (including phenoxy) is 1. The van der Waals surface area contributed by atoms with Crippen molar-refractivity contribution in [2.24, 2.45) is 0 Å². The lowest BCUT2D eigenvalue weighted by molar-refractivity contribution is -0.145. The minimum absolute atomic E-state index is 0.128. The molecule has 1 aromatic heterocycles. The fraction of sp³-hybridized carbons (Fsp3) is 0.148. The number of rotatable bonds is 6. The predicted molar refractivity (Wildman–Crippen MR) is 126 cm³/mol. The second-order valence-electron chi connectivity index (χ2n) is 7.62. The highest BCUT2D eigenvalue weighted by atomic mass is 16.5. The van der Waals surface area contributed by atoms with Crippen LogP contribution in [0.4, 0.5) is 0 Å². The van der Waals surface area contributed by atoms with Crippen LogP contribution in [-0.2, 0) is 9.53 Å². The highest BCUT2D eigenvalue weighted by Gasteiger charge is 2.24. The Balaban J connectivity index is 1.58. The average Bonchev–Trinajstić information content (AvgIpc) is 2.83. The maximum absolute atomic E-state index is 12.9. The zero-order chi connectivity index (χ0) is 23.4. The van der Waals surface area contributed by atoms with Crippen molar-refractivity contribution >= 4 is 22.8 Å². The minimum atomic E-state index is -0.916. The summed E-state index contributed by atoms with van der Waals surface area (Å²) in [6, 6.07) is 21.6. The summed E-state index contributed by atoms with van der Waals surface area (Å²) in [5.74, 6) is -0.530. The first-order valence-electron chi connectivity index (χ1n) is 10.6. The van der Waals surface area contributed by atoms with Gasteiger partial charge < -0.3 is 14.5 Å². The molecule has 166 valence electrons. The van der Waals surface area contributed by atoms with E-state index in [1.54, 1.807) is 67.6 Å². The lowest BCUT2D eigenvalue weighted by Gasteiger charge is -2.17. The molecule has 0 aliphatic carbocycles. The third-order valence-corrected chi connectivity index (χ3v) is 5.24.